The Kier molecular flexibility index (Phi) is 6.74. The van der Waals surface area contributed by atoms with Gasteiger partial charge in [-0.15, -0.1) is 5.10 Å². The van der Waals surface area contributed by atoms with Crippen molar-refractivity contribution in [1.29, 1.82) is 0 Å². The van der Waals surface area contributed by atoms with E-state index in [1.807, 2.05) is 0 Å². The highest BCUT2D eigenvalue weighted by atomic mass is 35.5. The predicted octanol–water partition coefficient (Wildman–Crippen LogP) is 4.27. The molecule has 174 valence electrons. The van der Waals surface area contributed by atoms with Crippen molar-refractivity contribution in [3.8, 4) is 5.75 Å². The number of hydrogen-bond donors (Lipinski definition) is 1. The van der Waals surface area contributed by atoms with Crippen LogP contribution in [-0.2, 0) is 15.3 Å². The second kappa shape index (κ2) is 9.88. The minimum absolute atomic E-state index is 0.240. The van der Waals surface area contributed by atoms with Gasteiger partial charge in [0.25, 0.3) is 5.91 Å². The molecule has 34 heavy (non-hydrogen) atoms. The zero-order valence-corrected chi connectivity index (χ0v) is 19.2. The predicted molar refractivity (Wildman–Crippen MR) is 126 cm³/mol. The summed E-state index contributed by atoms with van der Waals surface area (Å²) in [7, 11) is 0. The number of hydrazone groups is 2. The summed E-state index contributed by atoms with van der Waals surface area (Å²) in [6.45, 7) is 3.21. The second-order valence-corrected chi connectivity index (χ2v) is 7.92. The van der Waals surface area contributed by atoms with E-state index < -0.39 is 11.6 Å². The van der Waals surface area contributed by atoms with E-state index in [1.54, 1.807) is 74.8 Å². The van der Waals surface area contributed by atoms with Gasteiger partial charge in [-0.3, -0.25) is 9.78 Å². The van der Waals surface area contributed by atoms with Crippen LogP contribution in [0.5, 0.6) is 5.75 Å². The monoisotopic (exact) mass is 481 g/mol. The summed E-state index contributed by atoms with van der Waals surface area (Å²) >= 11 is 5.85. The number of pyridine rings is 1. The quantitative estimate of drug-likeness (QED) is 0.323. The van der Waals surface area contributed by atoms with Crippen molar-refractivity contribution in [3.05, 3.63) is 95.0 Å². The molecule has 1 amide bonds. The number of benzene rings is 2. The van der Waals surface area contributed by atoms with Gasteiger partial charge in [0.2, 0.25) is 11.6 Å². The van der Waals surface area contributed by atoms with Crippen molar-refractivity contribution in [2.24, 2.45) is 10.2 Å². The highest BCUT2D eigenvalue weighted by molar-refractivity contribution is 6.30. The van der Waals surface area contributed by atoms with Gasteiger partial charge in [-0.25, -0.2) is 14.8 Å². The fourth-order valence-corrected chi connectivity index (χ4v) is 3.40. The molecule has 2 aromatic carbocycles. The third kappa shape index (κ3) is 5.15. The van der Waals surface area contributed by atoms with E-state index in [2.05, 4.69) is 20.6 Å². The molecule has 0 spiro atoms. The number of aromatic nitrogens is 1. The van der Waals surface area contributed by atoms with E-state index >= 15 is 0 Å². The summed E-state index contributed by atoms with van der Waals surface area (Å²) in [5.41, 5.74) is 2.68. The first kappa shape index (κ1) is 23.2. The number of carbonyl (C=O) groups excluding carboxylic acids is 1. The van der Waals surface area contributed by atoms with Crippen molar-refractivity contribution in [2.45, 2.75) is 19.6 Å². The summed E-state index contributed by atoms with van der Waals surface area (Å²) in [5, 5.41) is 10.8. The van der Waals surface area contributed by atoms with Crippen LogP contribution in [-0.4, -0.2) is 34.2 Å². The van der Waals surface area contributed by atoms with Gasteiger partial charge in [0.15, 0.2) is 6.61 Å². The molecule has 4 rings (SSSR count). The normalized spacial score (nSPS) is 17.7. The number of amidine groups is 1. The summed E-state index contributed by atoms with van der Waals surface area (Å²) in [6.07, 6.45) is 3.25. The first-order valence-corrected chi connectivity index (χ1v) is 10.7. The Morgan fingerprint density at radius 3 is 2.50 bits per heavy atom. The minimum atomic E-state index is -1.13. The van der Waals surface area contributed by atoms with E-state index in [9.17, 15) is 9.18 Å². The molecule has 1 aromatic heterocycles. The van der Waals surface area contributed by atoms with Gasteiger partial charge in [0.05, 0.1) is 0 Å². The third-order valence-electron chi connectivity index (χ3n) is 5.03. The maximum atomic E-state index is 13.5. The molecule has 1 unspecified atom stereocenters. The number of amides is 1. The number of halogens is 2. The number of ether oxygens (including phenoxy) is 2. The van der Waals surface area contributed by atoms with Crippen molar-refractivity contribution < 1.29 is 18.7 Å². The fraction of sp³-hybridized carbons (Fsp3) is 0.167. The molecule has 1 N–H and O–H groups in total. The standard InChI is InChI=1S/C24H21ClFN5O3/c1-16(28-29-22(32)15-33-21-9-5-19(25)6-10-21)31-24(2,18-3-7-20(26)8-4-18)34-23(30-31)17-11-13-27-14-12-17/h3-14H,15H2,1-2H3,(H,29,32)/b28-16+. The summed E-state index contributed by atoms with van der Waals surface area (Å²) in [6, 6.07) is 16.1. The van der Waals surface area contributed by atoms with Crippen molar-refractivity contribution in [3.63, 3.8) is 0 Å². The van der Waals surface area contributed by atoms with Crippen LogP contribution in [0, 0.1) is 5.82 Å². The lowest BCUT2D eigenvalue weighted by Crippen LogP contribution is -2.42. The van der Waals surface area contributed by atoms with Gasteiger partial charge >= 0.3 is 0 Å². The van der Waals surface area contributed by atoms with E-state index in [4.69, 9.17) is 21.1 Å². The summed E-state index contributed by atoms with van der Waals surface area (Å²) in [4.78, 5) is 16.3. The van der Waals surface area contributed by atoms with Gasteiger partial charge in [-0.2, -0.15) is 5.10 Å². The molecule has 0 bridgehead atoms. The average molecular weight is 482 g/mol. The zero-order valence-electron chi connectivity index (χ0n) is 18.4. The van der Waals surface area contributed by atoms with Crippen LogP contribution in [0.4, 0.5) is 4.39 Å². The molecule has 1 atom stereocenters. The topological polar surface area (TPSA) is 88.4 Å². The highest BCUT2D eigenvalue weighted by Gasteiger charge is 2.44. The van der Waals surface area contributed by atoms with Crippen LogP contribution in [0.25, 0.3) is 0 Å². The van der Waals surface area contributed by atoms with Crippen molar-refractivity contribution in [2.75, 3.05) is 6.61 Å². The molecule has 0 fully saturated rings. The van der Waals surface area contributed by atoms with E-state index in [1.165, 1.54) is 17.1 Å². The molecule has 0 saturated heterocycles. The molecule has 8 nitrogen and oxygen atoms in total. The zero-order chi connectivity index (χ0) is 24.1. The first-order chi connectivity index (χ1) is 16.3. The Bertz CT molecular complexity index is 1220. The smallest absolute Gasteiger partial charge is 0.278 e. The summed E-state index contributed by atoms with van der Waals surface area (Å²) < 4.78 is 25.2. The number of rotatable bonds is 6. The van der Waals surface area contributed by atoms with Crippen LogP contribution in [0.2, 0.25) is 5.02 Å². The molecule has 3 aromatic rings. The number of nitrogens with zero attached hydrogens (tertiary/aromatic N) is 4. The molecule has 1 aliphatic rings. The van der Waals surface area contributed by atoms with Gasteiger partial charge in [0.1, 0.15) is 17.4 Å². The average Bonchev–Trinajstić information content (AvgIpc) is 3.21. The Morgan fingerprint density at radius 2 is 1.82 bits per heavy atom. The molecular formula is C24H21ClFN5O3. The number of nitrogens with one attached hydrogen (secondary N) is 1. The van der Waals surface area contributed by atoms with Crippen LogP contribution in [0.15, 0.2) is 83.3 Å². The van der Waals surface area contributed by atoms with Crippen LogP contribution < -0.4 is 10.2 Å². The highest BCUT2D eigenvalue weighted by Crippen LogP contribution is 2.36. The van der Waals surface area contributed by atoms with Gasteiger partial charge < -0.3 is 9.47 Å². The van der Waals surface area contributed by atoms with Gasteiger partial charge in [-0.05, 0) is 55.5 Å². The molecule has 0 radical (unpaired) electrons. The molecule has 10 heteroatoms. The maximum Gasteiger partial charge on any atom is 0.278 e. The molecule has 0 aliphatic carbocycles. The SMILES string of the molecule is C/C(=N\NC(=O)COc1ccc(Cl)cc1)N1N=C(c2ccncc2)OC1(C)c1ccc(F)cc1. The lowest BCUT2D eigenvalue weighted by atomic mass is 10.0. The molecule has 2 heterocycles. The second-order valence-electron chi connectivity index (χ2n) is 7.48. The lowest BCUT2D eigenvalue weighted by molar-refractivity contribution is -0.123. The van der Waals surface area contributed by atoms with Gasteiger partial charge in [0, 0.05) is 35.5 Å². The fourth-order valence-electron chi connectivity index (χ4n) is 3.27. The molecule has 1 aliphatic heterocycles. The van der Waals surface area contributed by atoms with Crippen molar-refractivity contribution in [1.82, 2.24) is 15.4 Å². The number of carbonyl (C=O) groups is 1. The number of hydrogen-bond acceptors (Lipinski definition) is 6. The van der Waals surface area contributed by atoms with Gasteiger partial charge in [-0.1, -0.05) is 23.7 Å². The summed E-state index contributed by atoms with van der Waals surface area (Å²) in [5.74, 6) is 0.349. The van der Waals surface area contributed by atoms with E-state index in [0.717, 1.165) is 0 Å². The van der Waals surface area contributed by atoms with Crippen LogP contribution >= 0.6 is 11.6 Å². The van der Waals surface area contributed by atoms with E-state index in [0.29, 0.717) is 33.6 Å². The Balaban J connectivity index is 1.53. The van der Waals surface area contributed by atoms with Crippen LogP contribution in [0.3, 0.4) is 0 Å². The molecular weight excluding hydrogens is 461 g/mol. The minimum Gasteiger partial charge on any atom is -0.484 e. The third-order valence-corrected chi connectivity index (χ3v) is 5.28. The Hall–Kier alpha value is -3.98. The maximum absolute atomic E-state index is 13.5. The Morgan fingerprint density at radius 1 is 1.15 bits per heavy atom. The van der Waals surface area contributed by atoms with E-state index in [-0.39, 0.29) is 12.4 Å². The lowest BCUT2D eigenvalue weighted by Gasteiger charge is -2.32. The van der Waals surface area contributed by atoms with Crippen molar-refractivity contribution >= 4 is 29.2 Å². The Labute approximate surface area is 200 Å². The molecule has 0 saturated carbocycles. The largest absolute Gasteiger partial charge is 0.484 e. The first-order valence-electron chi connectivity index (χ1n) is 10.3. The van der Waals surface area contributed by atoms with Crippen LogP contribution in [0.1, 0.15) is 25.0 Å².